The molecular weight excluding hydrogens is 324 g/mol. The molecule has 4 nitrogen and oxygen atoms in total. The molecule has 0 aliphatic heterocycles. The largest absolute Gasteiger partial charge is 0.325 e. The predicted molar refractivity (Wildman–Crippen MR) is 97.6 cm³/mol. The van der Waals surface area contributed by atoms with Crippen LogP contribution in [0, 0.1) is 0 Å². The van der Waals surface area contributed by atoms with Crippen LogP contribution < -0.4 is 10.6 Å². The van der Waals surface area contributed by atoms with Crippen molar-refractivity contribution in [3.05, 3.63) is 64.7 Å². The summed E-state index contributed by atoms with van der Waals surface area (Å²) in [6.07, 6.45) is 0. The van der Waals surface area contributed by atoms with Crippen molar-refractivity contribution in [3.8, 4) is 0 Å². The Bertz CT molecular complexity index is 739. The number of rotatable bonds is 6. The van der Waals surface area contributed by atoms with Crippen molar-refractivity contribution in [2.45, 2.75) is 26.3 Å². The Kier molecular flexibility index (Phi) is 5.75. The number of Topliss-reactive ketones (excluding diaryl/α,β-unsaturated/α-hetero) is 1. The molecule has 0 fully saturated rings. The zero-order valence-corrected chi connectivity index (χ0v) is 14.8. The Hall–Kier alpha value is -2.17. The summed E-state index contributed by atoms with van der Waals surface area (Å²) in [6, 6.07) is 14.4. The highest BCUT2D eigenvalue weighted by molar-refractivity contribution is 6.30. The van der Waals surface area contributed by atoms with E-state index < -0.39 is 0 Å². The number of hydrogen-bond donors (Lipinski definition) is 2. The zero-order valence-electron chi connectivity index (χ0n) is 14.0. The van der Waals surface area contributed by atoms with Crippen molar-refractivity contribution in [1.29, 1.82) is 0 Å². The van der Waals surface area contributed by atoms with Crippen molar-refractivity contribution in [3.63, 3.8) is 0 Å². The third-order valence-electron chi connectivity index (χ3n) is 3.81. The SMILES string of the molecule is CC(=O)c1cccc(NC(=O)CNC(C)(C)c2ccc(Cl)cc2)c1. The Morgan fingerprint density at radius 2 is 1.75 bits per heavy atom. The van der Waals surface area contributed by atoms with Crippen LogP contribution in [0.25, 0.3) is 0 Å². The molecule has 1 amide bonds. The molecule has 0 aliphatic carbocycles. The van der Waals surface area contributed by atoms with Crippen LogP contribution in [0.2, 0.25) is 5.02 Å². The van der Waals surface area contributed by atoms with Gasteiger partial charge in [-0.25, -0.2) is 0 Å². The van der Waals surface area contributed by atoms with Crippen LogP contribution in [0.1, 0.15) is 36.7 Å². The molecule has 0 bridgehead atoms. The number of benzene rings is 2. The van der Waals surface area contributed by atoms with Gasteiger partial charge in [0.05, 0.1) is 6.54 Å². The first-order valence-electron chi connectivity index (χ1n) is 7.70. The summed E-state index contributed by atoms with van der Waals surface area (Å²) in [5.74, 6) is -0.203. The summed E-state index contributed by atoms with van der Waals surface area (Å²) >= 11 is 5.91. The zero-order chi connectivity index (χ0) is 17.7. The fraction of sp³-hybridized carbons (Fsp3) is 0.263. The molecule has 2 aromatic rings. The molecule has 126 valence electrons. The predicted octanol–water partition coefficient (Wildman–Crippen LogP) is 4.01. The number of amides is 1. The van der Waals surface area contributed by atoms with Crippen LogP contribution in [0.15, 0.2) is 48.5 Å². The van der Waals surface area contributed by atoms with E-state index in [0.717, 1.165) is 5.56 Å². The molecule has 5 heteroatoms. The number of hydrogen-bond acceptors (Lipinski definition) is 3. The minimum absolute atomic E-state index is 0.0342. The second-order valence-corrected chi connectivity index (χ2v) is 6.61. The van der Waals surface area contributed by atoms with E-state index in [-0.39, 0.29) is 23.8 Å². The van der Waals surface area contributed by atoms with Gasteiger partial charge in [-0.15, -0.1) is 0 Å². The van der Waals surface area contributed by atoms with Gasteiger partial charge in [-0.05, 0) is 50.6 Å². The number of halogens is 1. The highest BCUT2D eigenvalue weighted by Crippen LogP contribution is 2.21. The standard InChI is InChI=1S/C19H21ClN2O2/c1-13(23)14-5-4-6-17(11-14)22-18(24)12-21-19(2,3)15-7-9-16(20)10-8-15/h4-11,21H,12H2,1-3H3,(H,22,24). The number of nitrogens with one attached hydrogen (secondary N) is 2. The molecule has 0 spiro atoms. The normalized spacial score (nSPS) is 11.2. The first-order chi connectivity index (χ1) is 11.3. The van der Waals surface area contributed by atoms with Crippen LogP contribution in [0.4, 0.5) is 5.69 Å². The van der Waals surface area contributed by atoms with E-state index in [0.29, 0.717) is 16.3 Å². The van der Waals surface area contributed by atoms with Crippen LogP contribution in [-0.2, 0) is 10.3 Å². The monoisotopic (exact) mass is 344 g/mol. The minimum Gasteiger partial charge on any atom is -0.325 e. The molecule has 0 unspecified atom stereocenters. The quantitative estimate of drug-likeness (QED) is 0.778. The van der Waals surface area contributed by atoms with E-state index in [1.165, 1.54) is 6.92 Å². The molecule has 0 heterocycles. The number of anilines is 1. The van der Waals surface area contributed by atoms with Gasteiger partial charge in [0.2, 0.25) is 5.91 Å². The lowest BCUT2D eigenvalue weighted by Gasteiger charge is -2.27. The van der Waals surface area contributed by atoms with Gasteiger partial charge in [0.15, 0.2) is 5.78 Å². The molecule has 0 atom stereocenters. The van der Waals surface area contributed by atoms with Gasteiger partial charge >= 0.3 is 0 Å². The first-order valence-corrected chi connectivity index (χ1v) is 8.08. The van der Waals surface area contributed by atoms with Crippen LogP contribution in [0.5, 0.6) is 0 Å². The highest BCUT2D eigenvalue weighted by Gasteiger charge is 2.20. The van der Waals surface area contributed by atoms with Gasteiger partial charge in [-0.3, -0.25) is 14.9 Å². The number of carbonyl (C=O) groups excluding carboxylic acids is 2. The molecule has 24 heavy (non-hydrogen) atoms. The van der Waals surface area contributed by atoms with Gasteiger partial charge in [-0.2, -0.15) is 0 Å². The van der Waals surface area contributed by atoms with E-state index in [1.54, 1.807) is 24.3 Å². The fourth-order valence-corrected chi connectivity index (χ4v) is 2.42. The molecular formula is C19H21ClN2O2. The van der Waals surface area contributed by atoms with E-state index in [2.05, 4.69) is 10.6 Å². The molecule has 0 aliphatic rings. The van der Waals surface area contributed by atoms with Crippen molar-refractivity contribution < 1.29 is 9.59 Å². The van der Waals surface area contributed by atoms with Gasteiger partial charge in [-0.1, -0.05) is 35.9 Å². The molecule has 2 aromatic carbocycles. The van der Waals surface area contributed by atoms with E-state index in [1.807, 2.05) is 38.1 Å². The molecule has 2 N–H and O–H groups in total. The number of carbonyl (C=O) groups is 2. The van der Waals surface area contributed by atoms with E-state index >= 15 is 0 Å². The average molecular weight is 345 g/mol. The van der Waals surface area contributed by atoms with Gasteiger partial charge < -0.3 is 5.32 Å². The highest BCUT2D eigenvalue weighted by atomic mass is 35.5. The molecule has 0 saturated carbocycles. The molecule has 0 radical (unpaired) electrons. The minimum atomic E-state index is -0.372. The Morgan fingerprint density at radius 3 is 2.38 bits per heavy atom. The third kappa shape index (κ3) is 4.91. The second-order valence-electron chi connectivity index (χ2n) is 6.17. The summed E-state index contributed by atoms with van der Waals surface area (Å²) < 4.78 is 0. The smallest absolute Gasteiger partial charge is 0.238 e. The lowest BCUT2D eigenvalue weighted by Crippen LogP contribution is -2.41. The second kappa shape index (κ2) is 7.60. The maximum absolute atomic E-state index is 12.1. The maximum Gasteiger partial charge on any atom is 0.238 e. The Morgan fingerprint density at radius 1 is 1.08 bits per heavy atom. The van der Waals surface area contributed by atoms with Gasteiger partial charge in [0, 0.05) is 21.8 Å². The molecule has 2 rings (SSSR count). The van der Waals surface area contributed by atoms with Gasteiger partial charge in [0.1, 0.15) is 0 Å². The Labute approximate surface area is 147 Å². The first kappa shape index (κ1) is 18.2. The summed E-state index contributed by atoms with van der Waals surface area (Å²) in [4.78, 5) is 23.5. The van der Waals surface area contributed by atoms with Crippen LogP contribution >= 0.6 is 11.6 Å². The lowest BCUT2D eigenvalue weighted by molar-refractivity contribution is -0.115. The van der Waals surface area contributed by atoms with Crippen molar-refractivity contribution in [2.75, 3.05) is 11.9 Å². The molecule has 0 aromatic heterocycles. The Balaban J connectivity index is 1.96. The van der Waals surface area contributed by atoms with E-state index in [9.17, 15) is 9.59 Å². The number of ketones is 1. The van der Waals surface area contributed by atoms with Crippen molar-refractivity contribution in [1.82, 2.24) is 5.32 Å². The third-order valence-corrected chi connectivity index (χ3v) is 4.06. The maximum atomic E-state index is 12.1. The summed E-state index contributed by atoms with van der Waals surface area (Å²) in [7, 11) is 0. The van der Waals surface area contributed by atoms with Crippen molar-refractivity contribution >= 4 is 29.0 Å². The van der Waals surface area contributed by atoms with Gasteiger partial charge in [0.25, 0.3) is 0 Å². The summed E-state index contributed by atoms with van der Waals surface area (Å²) in [5.41, 5.74) is 1.85. The summed E-state index contributed by atoms with van der Waals surface area (Å²) in [5, 5.41) is 6.70. The van der Waals surface area contributed by atoms with E-state index in [4.69, 9.17) is 11.6 Å². The summed E-state index contributed by atoms with van der Waals surface area (Å²) in [6.45, 7) is 5.65. The van der Waals surface area contributed by atoms with Crippen molar-refractivity contribution in [2.24, 2.45) is 0 Å². The molecule has 0 saturated heterocycles. The lowest BCUT2D eigenvalue weighted by atomic mass is 9.94. The van der Waals surface area contributed by atoms with Crippen LogP contribution in [-0.4, -0.2) is 18.2 Å². The topological polar surface area (TPSA) is 58.2 Å². The fourth-order valence-electron chi connectivity index (χ4n) is 2.29. The average Bonchev–Trinajstić information content (AvgIpc) is 2.54. The van der Waals surface area contributed by atoms with Crippen LogP contribution in [0.3, 0.4) is 0 Å².